The average Bonchev–Trinajstić information content (AvgIpc) is 2.01. The standard InChI is InChI=1S/C9H9ClN2O2/c1-6(13)4-9(14)12-7-2-3-11-8(10)5-7/h2-3,5H,4H2,1H3,(H,11,12,14). The van der Waals surface area contributed by atoms with Crippen LogP contribution in [-0.2, 0) is 9.59 Å². The molecule has 1 N–H and O–H groups in total. The van der Waals surface area contributed by atoms with E-state index in [0.717, 1.165) is 0 Å². The molecule has 0 bridgehead atoms. The van der Waals surface area contributed by atoms with Crippen molar-refractivity contribution in [3.63, 3.8) is 0 Å². The lowest BCUT2D eigenvalue weighted by Crippen LogP contribution is -2.14. The van der Waals surface area contributed by atoms with E-state index >= 15 is 0 Å². The molecule has 1 amide bonds. The largest absolute Gasteiger partial charge is 0.326 e. The van der Waals surface area contributed by atoms with Crippen molar-refractivity contribution in [2.75, 3.05) is 5.32 Å². The first-order valence-electron chi connectivity index (χ1n) is 3.99. The fraction of sp³-hybridized carbons (Fsp3) is 0.222. The number of nitrogens with zero attached hydrogens (tertiary/aromatic N) is 1. The Hall–Kier alpha value is -1.42. The van der Waals surface area contributed by atoms with E-state index in [4.69, 9.17) is 11.6 Å². The van der Waals surface area contributed by atoms with E-state index in [1.54, 1.807) is 6.07 Å². The molecule has 0 saturated heterocycles. The van der Waals surface area contributed by atoms with Crippen LogP contribution in [0, 0.1) is 0 Å². The van der Waals surface area contributed by atoms with Crippen LogP contribution in [0.5, 0.6) is 0 Å². The molecule has 1 heterocycles. The predicted molar refractivity (Wildman–Crippen MR) is 53.2 cm³/mol. The molecule has 1 aromatic rings. The molecule has 0 radical (unpaired) electrons. The van der Waals surface area contributed by atoms with Gasteiger partial charge in [0.1, 0.15) is 10.9 Å². The van der Waals surface area contributed by atoms with Gasteiger partial charge in [-0.15, -0.1) is 0 Å². The molecule has 5 heteroatoms. The average molecular weight is 213 g/mol. The predicted octanol–water partition coefficient (Wildman–Crippen LogP) is 1.65. The lowest BCUT2D eigenvalue weighted by atomic mass is 10.3. The first kappa shape index (κ1) is 10.7. The van der Waals surface area contributed by atoms with Crippen LogP contribution in [0.15, 0.2) is 18.3 Å². The summed E-state index contributed by atoms with van der Waals surface area (Å²) in [6.07, 6.45) is 1.35. The van der Waals surface area contributed by atoms with Gasteiger partial charge in [-0.25, -0.2) is 4.98 Å². The van der Waals surface area contributed by atoms with Crippen LogP contribution >= 0.6 is 11.6 Å². The first-order valence-corrected chi connectivity index (χ1v) is 4.36. The van der Waals surface area contributed by atoms with Crippen LogP contribution in [0.3, 0.4) is 0 Å². The number of hydrogen-bond acceptors (Lipinski definition) is 3. The molecule has 14 heavy (non-hydrogen) atoms. The summed E-state index contributed by atoms with van der Waals surface area (Å²) < 4.78 is 0. The van der Waals surface area contributed by atoms with Crippen LogP contribution in [0.2, 0.25) is 5.15 Å². The minimum atomic E-state index is -0.347. The van der Waals surface area contributed by atoms with E-state index in [1.165, 1.54) is 19.2 Å². The Morgan fingerprint density at radius 2 is 2.29 bits per heavy atom. The van der Waals surface area contributed by atoms with Crippen LogP contribution < -0.4 is 5.32 Å². The summed E-state index contributed by atoms with van der Waals surface area (Å²) in [5, 5.41) is 2.83. The third kappa shape index (κ3) is 3.53. The Kier molecular flexibility index (Phi) is 3.59. The molecular formula is C9H9ClN2O2. The van der Waals surface area contributed by atoms with Gasteiger partial charge < -0.3 is 5.32 Å². The van der Waals surface area contributed by atoms with Gasteiger partial charge in [-0.05, 0) is 19.1 Å². The molecule has 1 rings (SSSR count). The summed E-state index contributed by atoms with van der Waals surface area (Å²) in [5.41, 5.74) is 0.538. The van der Waals surface area contributed by atoms with Crippen molar-refractivity contribution >= 4 is 29.0 Å². The van der Waals surface area contributed by atoms with E-state index in [2.05, 4.69) is 10.3 Å². The second kappa shape index (κ2) is 4.72. The quantitative estimate of drug-likeness (QED) is 0.612. The Balaban J connectivity index is 2.60. The highest BCUT2D eigenvalue weighted by atomic mass is 35.5. The molecule has 0 unspecified atom stereocenters. The van der Waals surface area contributed by atoms with Gasteiger partial charge in [0.25, 0.3) is 0 Å². The number of aromatic nitrogens is 1. The zero-order valence-corrected chi connectivity index (χ0v) is 8.34. The summed E-state index contributed by atoms with van der Waals surface area (Å²) >= 11 is 5.60. The van der Waals surface area contributed by atoms with Crippen molar-refractivity contribution in [2.24, 2.45) is 0 Å². The van der Waals surface area contributed by atoms with Gasteiger partial charge in [-0.3, -0.25) is 9.59 Å². The van der Waals surface area contributed by atoms with E-state index in [1.807, 2.05) is 0 Å². The smallest absolute Gasteiger partial charge is 0.231 e. The fourth-order valence-electron chi connectivity index (χ4n) is 0.912. The van der Waals surface area contributed by atoms with Crippen molar-refractivity contribution in [1.29, 1.82) is 0 Å². The minimum Gasteiger partial charge on any atom is -0.326 e. The number of Topliss-reactive ketones (excluding diaryl/α,β-unsaturated/α-hetero) is 1. The number of ketones is 1. The molecule has 4 nitrogen and oxygen atoms in total. The van der Waals surface area contributed by atoms with E-state index < -0.39 is 0 Å². The Labute approximate surface area is 86.3 Å². The van der Waals surface area contributed by atoms with Gasteiger partial charge in [0.15, 0.2) is 0 Å². The maximum Gasteiger partial charge on any atom is 0.231 e. The van der Waals surface area contributed by atoms with Gasteiger partial charge >= 0.3 is 0 Å². The molecule has 1 aromatic heterocycles. The maximum atomic E-state index is 11.1. The van der Waals surface area contributed by atoms with Crippen molar-refractivity contribution < 1.29 is 9.59 Å². The highest BCUT2D eigenvalue weighted by Gasteiger charge is 2.05. The third-order valence-electron chi connectivity index (χ3n) is 1.42. The molecule has 0 atom stereocenters. The third-order valence-corrected chi connectivity index (χ3v) is 1.63. The van der Waals surface area contributed by atoms with E-state index in [0.29, 0.717) is 10.8 Å². The number of nitrogens with one attached hydrogen (secondary N) is 1. The highest BCUT2D eigenvalue weighted by Crippen LogP contribution is 2.11. The summed E-state index contributed by atoms with van der Waals surface area (Å²) in [7, 11) is 0. The number of rotatable bonds is 3. The van der Waals surface area contributed by atoms with Gasteiger partial charge in [-0.2, -0.15) is 0 Å². The first-order chi connectivity index (χ1) is 6.58. The molecule has 0 aromatic carbocycles. The molecule has 0 aliphatic rings. The normalized spacial score (nSPS) is 9.57. The lowest BCUT2D eigenvalue weighted by molar-refractivity contribution is -0.124. The van der Waals surface area contributed by atoms with Gasteiger partial charge in [0.05, 0.1) is 6.42 Å². The monoisotopic (exact) mass is 212 g/mol. The Morgan fingerprint density at radius 1 is 1.57 bits per heavy atom. The van der Waals surface area contributed by atoms with Crippen LogP contribution in [0.4, 0.5) is 5.69 Å². The van der Waals surface area contributed by atoms with E-state index in [9.17, 15) is 9.59 Å². The second-order valence-corrected chi connectivity index (χ2v) is 3.18. The number of carbonyl (C=O) groups is 2. The number of hydrogen-bond donors (Lipinski definition) is 1. The molecule has 0 spiro atoms. The number of carbonyl (C=O) groups excluding carboxylic acids is 2. The number of pyridine rings is 1. The fourth-order valence-corrected chi connectivity index (χ4v) is 1.09. The molecular weight excluding hydrogens is 204 g/mol. The molecule has 0 saturated carbocycles. The van der Waals surface area contributed by atoms with Gasteiger partial charge in [0, 0.05) is 11.9 Å². The van der Waals surface area contributed by atoms with Crippen LogP contribution in [0.1, 0.15) is 13.3 Å². The van der Waals surface area contributed by atoms with Gasteiger partial charge in [-0.1, -0.05) is 11.6 Å². The van der Waals surface area contributed by atoms with Crippen LogP contribution in [0.25, 0.3) is 0 Å². The number of amides is 1. The van der Waals surface area contributed by atoms with Crippen molar-refractivity contribution in [1.82, 2.24) is 4.98 Å². The zero-order chi connectivity index (χ0) is 10.6. The zero-order valence-electron chi connectivity index (χ0n) is 7.58. The topological polar surface area (TPSA) is 59.1 Å². The van der Waals surface area contributed by atoms with Crippen LogP contribution in [-0.4, -0.2) is 16.7 Å². The lowest BCUT2D eigenvalue weighted by Gasteiger charge is -2.02. The second-order valence-electron chi connectivity index (χ2n) is 2.79. The number of halogens is 1. The maximum absolute atomic E-state index is 11.1. The number of anilines is 1. The summed E-state index contributed by atoms with van der Waals surface area (Å²) in [4.78, 5) is 25.5. The molecule has 0 aliphatic heterocycles. The summed E-state index contributed by atoms with van der Waals surface area (Å²) in [6, 6.07) is 3.11. The minimum absolute atomic E-state index is 0.125. The van der Waals surface area contributed by atoms with Gasteiger partial charge in [0.2, 0.25) is 5.91 Å². The van der Waals surface area contributed by atoms with E-state index in [-0.39, 0.29) is 18.1 Å². The summed E-state index contributed by atoms with van der Waals surface area (Å²) in [6.45, 7) is 1.36. The van der Waals surface area contributed by atoms with Crippen molar-refractivity contribution in [3.05, 3.63) is 23.5 Å². The molecule has 0 aliphatic carbocycles. The Morgan fingerprint density at radius 3 is 2.86 bits per heavy atom. The molecule has 74 valence electrons. The molecule has 0 fully saturated rings. The van der Waals surface area contributed by atoms with Crippen molar-refractivity contribution in [3.8, 4) is 0 Å². The Bertz CT molecular complexity index is 366. The SMILES string of the molecule is CC(=O)CC(=O)Nc1ccnc(Cl)c1. The highest BCUT2D eigenvalue weighted by molar-refractivity contribution is 6.29. The summed E-state index contributed by atoms with van der Waals surface area (Å²) in [5.74, 6) is -0.526. The van der Waals surface area contributed by atoms with Crippen molar-refractivity contribution in [2.45, 2.75) is 13.3 Å².